The maximum Gasteiger partial charge on any atom is 0.131 e. The van der Waals surface area contributed by atoms with Crippen molar-refractivity contribution in [1.82, 2.24) is 0 Å². The molecule has 2 N–H and O–H groups in total. The number of aryl methyl sites for hydroxylation is 4. The average Bonchev–Trinajstić information content (AvgIpc) is 3.23. The van der Waals surface area contributed by atoms with Crippen LogP contribution in [0.3, 0.4) is 0 Å². The minimum Gasteiger partial charge on any atom is -0.507 e. The van der Waals surface area contributed by atoms with Crippen molar-refractivity contribution in [2.45, 2.75) is 34.1 Å². The summed E-state index contributed by atoms with van der Waals surface area (Å²) < 4.78 is 13.3. The zero-order valence-corrected chi connectivity index (χ0v) is 33.6. The first-order valence-corrected chi connectivity index (χ1v) is 19.9. The Balaban J connectivity index is 1.07. The highest BCUT2D eigenvalue weighted by Gasteiger charge is 2.21. The number of aromatic hydroxyl groups is 2. The van der Waals surface area contributed by atoms with Crippen LogP contribution >= 0.6 is 0 Å². The standard InChI is InChI=1S/C54H48O4/c1-6-13-38(32-57-49-28-22-34(2)30-47(49)43-18-11-20-45(53(43)55)51-36(4)24-26-39-14-7-9-16-41(39)51)33-58-50-29-23-35(3)31-48(50)44-19-12-21-46(54(44)56)52-37(5)25-27-40-15-8-10-17-42(40)52/h6-12,14-31,38,55-56H,1,13,32-33H2,2-5H3. The highest BCUT2D eigenvalue weighted by molar-refractivity contribution is 6.02. The molecule has 0 aromatic heterocycles. The summed E-state index contributed by atoms with van der Waals surface area (Å²) in [5, 5.41) is 28.4. The number of phenolic OH excluding ortho intramolecular Hbond substituents is 2. The second-order valence-corrected chi connectivity index (χ2v) is 15.4. The minimum absolute atomic E-state index is 0.0302. The maximum atomic E-state index is 12.0. The summed E-state index contributed by atoms with van der Waals surface area (Å²) in [4.78, 5) is 0. The number of fused-ring (bicyclic) bond motifs is 2. The van der Waals surface area contributed by atoms with Gasteiger partial charge in [-0.05, 0) is 102 Å². The fourth-order valence-corrected chi connectivity index (χ4v) is 8.20. The Morgan fingerprint density at radius 1 is 0.483 bits per heavy atom. The van der Waals surface area contributed by atoms with Crippen LogP contribution in [0.25, 0.3) is 66.1 Å². The van der Waals surface area contributed by atoms with Gasteiger partial charge in [-0.15, -0.1) is 6.58 Å². The first kappa shape index (κ1) is 38.1. The van der Waals surface area contributed by atoms with Crippen molar-refractivity contribution in [1.29, 1.82) is 0 Å². The first-order chi connectivity index (χ1) is 28.2. The Labute approximate surface area is 341 Å². The number of hydrogen-bond acceptors (Lipinski definition) is 4. The van der Waals surface area contributed by atoms with Crippen LogP contribution in [0, 0.1) is 33.6 Å². The quantitative estimate of drug-likeness (QED) is 0.122. The third-order valence-corrected chi connectivity index (χ3v) is 11.2. The third-order valence-electron chi connectivity index (χ3n) is 11.2. The van der Waals surface area contributed by atoms with E-state index in [2.05, 4.69) is 81.1 Å². The van der Waals surface area contributed by atoms with Gasteiger partial charge in [-0.1, -0.05) is 139 Å². The smallest absolute Gasteiger partial charge is 0.131 e. The predicted octanol–water partition coefficient (Wildman–Crippen LogP) is 14.0. The summed E-state index contributed by atoms with van der Waals surface area (Å²) in [6, 6.07) is 49.1. The lowest BCUT2D eigenvalue weighted by Crippen LogP contribution is -2.20. The normalized spacial score (nSPS) is 11.3. The molecule has 0 heterocycles. The van der Waals surface area contributed by atoms with Crippen LogP contribution in [-0.4, -0.2) is 23.4 Å². The molecule has 0 saturated heterocycles. The molecule has 8 rings (SSSR count). The SMILES string of the molecule is C=CCC(COc1ccc(C)cc1-c1cccc(-c2c(C)ccc3ccccc23)c1O)COc1ccc(C)cc1-c1cccc(-c2c(C)ccc3ccccc23)c1O. The van der Waals surface area contributed by atoms with Gasteiger partial charge in [0.1, 0.15) is 23.0 Å². The Bertz CT molecular complexity index is 2630. The van der Waals surface area contributed by atoms with E-state index < -0.39 is 0 Å². The lowest BCUT2D eigenvalue weighted by atomic mass is 9.90. The molecule has 58 heavy (non-hydrogen) atoms. The summed E-state index contributed by atoms with van der Waals surface area (Å²) in [7, 11) is 0. The van der Waals surface area contributed by atoms with Gasteiger partial charge in [0.05, 0.1) is 13.2 Å². The third kappa shape index (κ3) is 7.42. The van der Waals surface area contributed by atoms with Gasteiger partial charge in [-0.3, -0.25) is 0 Å². The van der Waals surface area contributed by atoms with Gasteiger partial charge in [-0.2, -0.15) is 0 Å². The van der Waals surface area contributed by atoms with E-state index in [1.807, 2.05) is 105 Å². The van der Waals surface area contributed by atoms with Gasteiger partial charge in [-0.25, -0.2) is 0 Å². The number of phenols is 2. The number of para-hydroxylation sites is 2. The van der Waals surface area contributed by atoms with Crippen LogP contribution in [0.5, 0.6) is 23.0 Å². The lowest BCUT2D eigenvalue weighted by Gasteiger charge is -2.21. The Morgan fingerprint density at radius 2 is 0.914 bits per heavy atom. The molecule has 0 radical (unpaired) electrons. The number of rotatable bonds is 12. The molecule has 288 valence electrons. The fraction of sp³-hybridized carbons (Fsp3) is 0.148. The lowest BCUT2D eigenvalue weighted by molar-refractivity contribution is 0.179. The van der Waals surface area contributed by atoms with Gasteiger partial charge < -0.3 is 19.7 Å². The van der Waals surface area contributed by atoms with Crippen LogP contribution in [0.15, 0.2) is 158 Å². The topological polar surface area (TPSA) is 58.9 Å². The van der Waals surface area contributed by atoms with E-state index in [1.54, 1.807) is 0 Å². The van der Waals surface area contributed by atoms with E-state index >= 15 is 0 Å². The van der Waals surface area contributed by atoms with E-state index in [1.165, 1.54) is 0 Å². The van der Waals surface area contributed by atoms with Crippen molar-refractivity contribution in [2.75, 3.05) is 13.2 Å². The molecule has 8 aromatic carbocycles. The molecule has 4 heteroatoms. The van der Waals surface area contributed by atoms with E-state index in [-0.39, 0.29) is 17.4 Å². The van der Waals surface area contributed by atoms with Crippen molar-refractivity contribution in [3.05, 3.63) is 181 Å². The number of ether oxygens (including phenoxy) is 2. The number of allylic oxidation sites excluding steroid dienone is 1. The van der Waals surface area contributed by atoms with Crippen LogP contribution < -0.4 is 9.47 Å². The number of benzene rings is 8. The van der Waals surface area contributed by atoms with Gasteiger partial charge in [0, 0.05) is 39.3 Å². The summed E-state index contributed by atoms with van der Waals surface area (Å²) in [6.07, 6.45) is 2.57. The van der Waals surface area contributed by atoms with E-state index in [0.717, 1.165) is 77.2 Å². The van der Waals surface area contributed by atoms with E-state index in [9.17, 15) is 10.2 Å². The molecule has 0 unspecified atom stereocenters. The van der Waals surface area contributed by atoms with Crippen molar-refractivity contribution < 1.29 is 19.7 Å². The molecule has 8 aromatic rings. The molecule has 0 fully saturated rings. The van der Waals surface area contributed by atoms with Crippen LogP contribution in [0.4, 0.5) is 0 Å². The van der Waals surface area contributed by atoms with Gasteiger partial charge in [0.25, 0.3) is 0 Å². The molecule has 0 bridgehead atoms. The molecule has 0 saturated carbocycles. The number of hydrogen-bond donors (Lipinski definition) is 2. The van der Waals surface area contributed by atoms with Crippen LogP contribution in [-0.2, 0) is 0 Å². The molecule has 0 aliphatic rings. The van der Waals surface area contributed by atoms with Gasteiger partial charge in [0.15, 0.2) is 0 Å². The highest BCUT2D eigenvalue weighted by atomic mass is 16.5. The highest BCUT2D eigenvalue weighted by Crippen LogP contribution is 2.46. The molecule has 4 nitrogen and oxygen atoms in total. The fourth-order valence-electron chi connectivity index (χ4n) is 8.20. The monoisotopic (exact) mass is 760 g/mol. The van der Waals surface area contributed by atoms with Crippen molar-refractivity contribution in [2.24, 2.45) is 5.92 Å². The summed E-state index contributed by atoms with van der Waals surface area (Å²) in [6.45, 7) is 13.1. The Kier molecular flexibility index (Phi) is 10.8. The second kappa shape index (κ2) is 16.4. The minimum atomic E-state index is -0.0302. The molecular formula is C54H48O4. The van der Waals surface area contributed by atoms with Crippen molar-refractivity contribution in [3.8, 4) is 67.5 Å². The molecule has 0 aliphatic heterocycles. The largest absolute Gasteiger partial charge is 0.507 e. The predicted molar refractivity (Wildman–Crippen MR) is 241 cm³/mol. The zero-order chi connectivity index (χ0) is 40.3. The van der Waals surface area contributed by atoms with Gasteiger partial charge >= 0.3 is 0 Å². The molecule has 0 aliphatic carbocycles. The molecule has 0 atom stereocenters. The Hall–Kier alpha value is -6.78. The van der Waals surface area contributed by atoms with Gasteiger partial charge in [0.2, 0.25) is 0 Å². The second-order valence-electron chi connectivity index (χ2n) is 15.4. The molecular weight excluding hydrogens is 713 g/mol. The summed E-state index contributed by atoms with van der Waals surface area (Å²) in [5.74, 6) is 1.78. The molecule has 0 spiro atoms. The van der Waals surface area contributed by atoms with Crippen LogP contribution in [0.2, 0.25) is 0 Å². The average molecular weight is 761 g/mol. The maximum absolute atomic E-state index is 12.0. The molecule has 0 amide bonds. The van der Waals surface area contributed by atoms with Crippen molar-refractivity contribution in [3.63, 3.8) is 0 Å². The summed E-state index contributed by atoms with van der Waals surface area (Å²) >= 11 is 0. The van der Waals surface area contributed by atoms with Crippen LogP contribution in [0.1, 0.15) is 28.7 Å². The Morgan fingerprint density at radius 3 is 1.36 bits per heavy atom. The van der Waals surface area contributed by atoms with E-state index in [0.29, 0.717) is 42.3 Å². The first-order valence-electron chi connectivity index (χ1n) is 19.9. The summed E-state index contributed by atoms with van der Waals surface area (Å²) in [5.41, 5.74) is 11.0. The zero-order valence-electron chi connectivity index (χ0n) is 33.6. The van der Waals surface area contributed by atoms with Crippen molar-refractivity contribution >= 4 is 21.5 Å². The van der Waals surface area contributed by atoms with E-state index in [4.69, 9.17) is 9.47 Å².